The first kappa shape index (κ1) is 13.8. The number of nitrogens with two attached hydrogens (primary N) is 1. The van der Waals surface area contributed by atoms with E-state index in [9.17, 15) is 0 Å². The molecule has 0 aromatic heterocycles. The molecule has 1 aliphatic rings. The minimum atomic E-state index is 0.0220. The summed E-state index contributed by atoms with van der Waals surface area (Å²) in [6.07, 6.45) is 0.763. The second-order valence-electron chi connectivity index (χ2n) is 4.65. The fraction of sp³-hybridized carbons (Fsp3) is 0.200. The van der Waals surface area contributed by atoms with Gasteiger partial charge in [-0.2, -0.15) is 0 Å². The molecule has 1 atom stereocenters. The highest BCUT2D eigenvalue weighted by atomic mass is 35.5. The highest BCUT2D eigenvalue weighted by molar-refractivity contribution is 7.99. The van der Waals surface area contributed by atoms with Gasteiger partial charge in [0, 0.05) is 14.8 Å². The van der Waals surface area contributed by atoms with Crippen LogP contribution in [-0.4, -0.2) is 7.11 Å². The van der Waals surface area contributed by atoms with Gasteiger partial charge in [0.1, 0.15) is 5.75 Å². The van der Waals surface area contributed by atoms with Crippen LogP contribution < -0.4 is 16.0 Å². The first-order valence-electron chi connectivity index (χ1n) is 6.32. The maximum Gasteiger partial charge on any atom is 0.119 e. The third-order valence-electron chi connectivity index (χ3n) is 3.50. The van der Waals surface area contributed by atoms with Crippen LogP contribution in [0.2, 0.25) is 5.02 Å². The Hall–Kier alpha value is -1.20. The average Bonchev–Trinajstić information content (AvgIpc) is 2.63. The molecule has 0 fully saturated rings. The number of hydrogen-bond acceptors (Lipinski definition) is 4. The van der Waals surface area contributed by atoms with Crippen molar-refractivity contribution in [2.24, 2.45) is 5.84 Å². The highest BCUT2D eigenvalue weighted by Gasteiger charge is 2.23. The van der Waals surface area contributed by atoms with Crippen molar-refractivity contribution in [3.8, 4) is 5.75 Å². The quantitative estimate of drug-likeness (QED) is 0.658. The van der Waals surface area contributed by atoms with Gasteiger partial charge in [-0.3, -0.25) is 11.3 Å². The normalized spacial score (nSPS) is 17.1. The zero-order valence-electron chi connectivity index (χ0n) is 11.0. The number of halogens is 1. The summed E-state index contributed by atoms with van der Waals surface area (Å²) in [7, 11) is 1.67. The standard InChI is InChI=1S/C15H15ClN2OS/c1-19-9-5-6-15-11(7-9)13(18-17)8-10-12(16)3-2-4-14(10)20-15/h2-7,13,18H,8,17H2,1H3. The van der Waals surface area contributed by atoms with Crippen molar-refractivity contribution in [1.82, 2.24) is 5.43 Å². The topological polar surface area (TPSA) is 47.3 Å². The molecule has 104 valence electrons. The van der Waals surface area contributed by atoms with Crippen LogP contribution in [0.1, 0.15) is 17.2 Å². The fourth-order valence-electron chi connectivity index (χ4n) is 2.43. The molecule has 0 aliphatic carbocycles. The second kappa shape index (κ2) is 5.66. The highest BCUT2D eigenvalue weighted by Crippen LogP contribution is 2.43. The number of ether oxygens (including phenoxy) is 1. The largest absolute Gasteiger partial charge is 0.497 e. The Kier molecular flexibility index (Phi) is 3.89. The fourth-order valence-corrected chi connectivity index (χ4v) is 3.90. The van der Waals surface area contributed by atoms with Gasteiger partial charge in [0.15, 0.2) is 0 Å². The second-order valence-corrected chi connectivity index (χ2v) is 6.14. The smallest absolute Gasteiger partial charge is 0.119 e. The molecule has 1 unspecified atom stereocenters. The number of methoxy groups -OCH3 is 1. The Bertz CT molecular complexity index is 648. The number of rotatable bonds is 2. The van der Waals surface area contributed by atoms with E-state index in [0.717, 1.165) is 28.3 Å². The van der Waals surface area contributed by atoms with Crippen molar-refractivity contribution in [1.29, 1.82) is 0 Å². The molecule has 3 rings (SSSR count). The number of hydrogen-bond donors (Lipinski definition) is 2. The van der Waals surface area contributed by atoms with Gasteiger partial charge in [0.2, 0.25) is 0 Å². The van der Waals surface area contributed by atoms with Gasteiger partial charge in [-0.15, -0.1) is 0 Å². The van der Waals surface area contributed by atoms with E-state index in [2.05, 4.69) is 17.6 Å². The van der Waals surface area contributed by atoms with Crippen LogP contribution in [0.15, 0.2) is 46.2 Å². The monoisotopic (exact) mass is 306 g/mol. The predicted octanol–water partition coefficient (Wildman–Crippen LogP) is 3.56. The van der Waals surface area contributed by atoms with E-state index in [0.29, 0.717) is 0 Å². The molecule has 3 N–H and O–H groups in total. The van der Waals surface area contributed by atoms with Gasteiger partial charge >= 0.3 is 0 Å². The average molecular weight is 307 g/mol. The predicted molar refractivity (Wildman–Crippen MR) is 82.3 cm³/mol. The minimum Gasteiger partial charge on any atom is -0.497 e. The van der Waals surface area contributed by atoms with Crippen LogP contribution in [-0.2, 0) is 6.42 Å². The van der Waals surface area contributed by atoms with E-state index in [1.807, 2.05) is 24.3 Å². The van der Waals surface area contributed by atoms with Crippen LogP contribution >= 0.6 is 23.4 Å². The summed E-state index contributed by atoms with van der Waals surface area (Å²) in [5, 5.41) is 0.787. The van der Waals surface area contributed by atoms with Gasteiger partial charge in [0.05, 0.1) is 13.2 Å². The van der Waals surface area contributed by atoms with Crippen LogP contribution in [0.5, 0.6) is 5.75 Å². The molecule has 0 spiro atoms. The maximum absolute atomic E-state index is 6.33. The summed E-state index contributed by atoms with van der Waals surface area (Å²) < 4.78 is 5.31. The molecule has 0 bridgehead atoms. The molecule has 20 heavy (non-hydrogen) atoms. The SMILES string of the molecule is COc1ccc2c(c1)C(NN)Cc1c(Cl)cccc1S2. The Labute approximate surface area is 127 Å². The molecule has 0 saturated carbocycles. The van der Waals surface area contributed by atoms with Crippen LogP contribution in [0.3, 0.4) is 0 Å². The van der Waals surface area contributed by atoms with Crippen molar-refractivity contribution in [2.45, 2.75) is 22.3 Å². The van der Waals surface area contributed by atoms with Crippen molar-refractivity contribution in [3.05, 3.63) is 52.5 Å². The lowest BCUT2D eigenvalue weighted by atomic mass is 9.99. The first-order valence-corrected chi connectivity index (χ1v) is 7.51. The van der Waals surface area contributed by atoms with Crippen LogP contribution in [0.25, 0.3) is 0 Å². The van der Waals surface area contributed by atoms with E-state index in [4.69, 9.17) is 22.2 Å². The first-order chi connectivity index (χ1) is 9.72. The summed E-state index contributed by atoms with van der Waals surface area (Å²) in [6.45, 7) is 0. The van der Waals surface area contributed by atoms with Gasteiger partial charge in [0.25, 0.3) is 0 Å². The van der Waals surface area contributed by atoms with E-state index in [-0.39, 0.29) is 6.04 Å². The molecule has 3 nitrogen and oxygen atoms in total. The molecule has 5 heteroatoms. The molecule has 0 saturated heterocycles. The Balaban J connectivity index is 2.13. The van der Waals surface area contributed by atoms with E-state index in [1.165, 1.54) is 9.79 Å². The van der Waals surface area contributed by atoms with Crippen LogP contribution in [0, 0.1) is 0 Å². The van der Waals surface area contributed by atoms with Gasteiger partial charge in [-0.1, -0.05) is 29.4 Å². The van der Waals surface area contributed by atoms with Gasteiger partial charge in [-0.25, -0.2) is 0 Å². The molecular formula is C15H15ClN2OS. The number of fused-ring (bicyclic) bond motifs is 2. The lowest BCUT2D eigenvalue weighted by molar-refractivity contribution is 0.412. The summed E-state index contributed by atoms with van der Waals surface area (Å²) >= 11 is 8.05. The minimum absolute atomic E-state index is 0.0220. The van der Waals surface area contributed by atoms with E-state index >= 15 is 0 Å². The molecule has 0 amide bonds. The summed E-state index contributed by atoms with van der Waals surface area (Å²) in [6, 6.07) is 12.1. The van der Waals surface area contributed by atoms with Crippen LogP contribution in [0.4, 0.5) is 0 Å². The van der Waals surface area contributed by atoms with Crippen molar-refractivity contribution in [2.75, 3.05) is 7.11 Å². The Morgan fingerprint density at radius 2 is 2.15 bits per heavy atom. The van der Waals surface area contributed by atoms with Gasteiger partial charge in [-0.05, 0) is 47.9 Å². The van der Waals surface area contributed by atoms with E-state index < -0.39 is 0 Å². The summed E-state index contributed by atoms with van der Waals surface area (Å²) in [5.74, 6) is 6.58. The Morgan fingerprint density at radius 1 is 1.30 bits per heavy atom. The number of nitrogens with one attached hydrogen (secondary N) is 1. The summed E-state index contributed by atoms with van der Waals surface area (Å²) in [4.78, 5) is 2.36. The molecule has 2 aromatic rings. The lowest BCUT2D eigenvalue weighted by Gasteiger charge is -2.17. The number of benzene rings is 2. The third kappa shape index (κ3) is 2.40. The maximum atomic E-state index is 6.33. The van der Waals surface area contributed by atoms with Gasteiger partial charge < -0.3 is 4.74 Å². The zero-order chi connectivity index (χ0) is 14.1. The third-order valence-corrected chi connectivity index (χ3v) is 5.05. The molecule has 1 heterocycles. The lowest BCUT2D eigenvalue weighted by Crippen LogP contribution is -2.29. The number of hydrazine groups is 1. The molecular weight excluding hydrogens is 292 g/mol. The summed E-state index contributed by atoms with van der Waals surface area (Å²) in [5.41, 5.74) is 5.17. The molecule has 1 aliphatic heterocycles. The van der Waals surface area contributed by atoms with E-state index in [1.54, 1.807) is 18.9 Å². The molecule has 2 aromatic carbocycles. The van der Waals surface area contributed by atoms with Crippen molar-refractivity contribution >= 4 is 23.4 Å². The van der Waals surface area contributed by atoms with Crippen molar-refractivity contribution < 1.29 is 4.74 Å². The Morgan fingerprint density at radius 3 is 2.90 bits per heavy atom. The zero-order valence-corrected chi connectivity index (χ0v) is 12.6. The van der Waals surface area contributed by atoms with Crippen molar-refractivity contribution in [3.63, 3.8) is 0 Å². The molecule has 0 radical (unpaired) electrons.